The quantitative estimate of drug-likeness (QED) is 0.0359. The maximum absolute atomic E-state index is 13.5. The summed E-state index contributed by atoms with van der Waals surface area (Å²) in [6.45, 7) is 27.3. The maximum atomic E-state index is 13.5. The smallest absolute Gasteiger partial charge is 0.293 e. The number of hydrogen-bond acceptors (Lipinski definition) is 25. The highest BCUT2D eigenvalue weighted by atomic mass is 16.6. The van der Waals surface area contributed by atoms with Gasteiger partial charge >= 0.3 is 0 Å². The van der Waals surface area contributed by atoms with Gasteiger partial charge in [0.15, 0.2) is 0 Å². The first kappa shape index (κ1) is 86.8. The summed E-state index contributed by atoms with van der Waals surface area (Å²) in [5.74, 6) is -1.78. The molecule has 0 radical (unpaired) electrons. The number of hydrogen-bond donors (Lipinski definition) is 3. The van der Waals surface area contributed by atoms with E-state index in [1.165, 1.54) is 18.6 Å². The number of nitrogens with zero attached hydrogens (tertiary/aromatic N) is 2. The van der Waals surface area contributed by atoms with Crippen molar-refractivity contribution in [2.75, 3.05) is 257 Å². The minimum Gasteiger partial charge on any atom is -0.463 e. The third-order valence-electron chi connectivity index (χ3n) is 13.0. The SMILES string of the molecule is CCC.COCCOCCOCCOCCOCCOCCOCCOCCCN(CCCOCCOCCOCCOCCOCCOCCOCCOC)CCCc1cc(NC(=O)[C@H](C)NC(=O)[C@@H](NCOCCN2C(=O)C=CC2=O)C(C)C)ccc1COC=O.[HH].[HH].[HH]. The molecule has 93 heavy (non-hydrogen) atoms. The number of benzene rings is 1. The summed E-state index contributed by atoms with van der Waals surface area (Å²) in [5.41, 5.74) is 2.24. The Labute approximate surface area is 558 Å². The third kappa shape index (κ3) is 51.7. The zero-order chi connectivity index (χ0) is 67.7. The minimum absolute atomic E-state index is 0. The molecule has 4 amide bonds. The van der Waals surface area contributed by atoms with E-state index in [-0.39, 0.29) is 36.7 Å². The van der Waals surface area contributed by atoms with Crippen molar-refractivity contribution in [3.05, 3.63) is 41.5 Å². The van der Waals surface area contributed by atoms with E-state index in [0.29, 0.717) is 217 Å². The van der Waals surface area contributed by atoms with E-state index >= 15 is 0 Å². The molecule has 546 valence electrons. The molecule has 0 saturated carbocycles. The lowest BCUT2D eigenvalue weighted by Crippen LogP contribution is -2.52. The van der Waals surface area contributed by atoms with Crippen LogP contribution in [0.1, 0.15) is 75.7 Å². The molecule has 28 heteroatoms. The lowest BCUT2D eigenvalue weighted by Gasteiger charge is -2.24. The van der Waals surface area contributed by atoms with Gasteiger partial charge in [-0.3, -0.25) is 34.2 Å². The highest BCUT2D eigenvalue weighted by molar-refractivity contribution is 6.12. The molecule has 0 saturated heterocycles. The predicted octanol–water partition coefficient (Wildman–Crippen LogP) is 4.01. The lowest BCUT2D eigenvalue weighted by atomic mass is 10.0. The van der Waals surface area contributed by atoms with E-state index in [1.54, 1.807) is 27.2 Å². The largest absolute Gasteiger partial charge is 0.463 e. The molecule has 2 atom stereocenters. The fourth-order valence-electron chi connectivity index (χ4n) is 8.22. The van der Waals surface area contributed by atoms with Crippen molar-refractivity contribution < 1.29 is 114 Å². The van der Waals surface area contributed by atoms with Crippen molar-refractivity contribution in [1.29, 1.82) is 0 Å². The zero-order valence-corrected chi connectivity index (χ0v) is 57.2. The van der Waals surface area contributed by atoms with Crippen LogP contribution in [-0.2, 0) is 122 Å². The summed E-state index contributed by atoms with van der Waals surface area (Å²) < 4.78 is 98.8. The molecule has 0 spiro atoms. The first-order valence-electron chi connectivity index (χ1n) is 32.9. The Morgan fingerprint density at radius 2 is 0.860 bits per heavy atom. The standard InChI is InChI=1S/C62H109N5O23.C3H8.3H2/c1-53(2)60(63-51-89-20-17-67-58(69)12-13-59(67)70)62(72)64-54(3)61(71)65-57-11-10-56(50-90-52-68)55(49-57)9-6-14-66(15-7-18-75-25-27-79-33-35-83-41-43-87-47-45-85-39-37-81-31-29-77-23-21-73-4)16-8-19-76-26-28-80-34-36-84-42-44-88-48-46-86-40-38-82-32-30-78-24-22-74-5;1-3-2;;;/h10-13,49,52-54,60,63H,6-9,14-48,50-51H2,1-5H3,(H,64,72)(H,65,71);3H2,1-2H3;3*1H/t54-,60-;;;;/m0..../s1. The van der Waals surface area contributed by atoms with Gasteiger partial charge in [0.25, 0.3) is 18.3 Å². The summed E-state index contributed by atoms with van der Waals surface area (Å²) in [5, 5.41) is 8.76. The molecule has 0 bridgehead atoms. The normalized spacial score (nSPS) is 12.9. The lowest BCUT2D eigenvalue weighted by molar-refractivity contribution is -0.137. The topological polar surface area (TPSA) is 294 Å². The van der Waals surface area contributed by atoms with Gasteiger partial charge in [-0.25, -0.2) is 0 Å². The van der Waals surface area contributed by atoms with E-state index < -0.39 is 35.7 Å². The second-order valence-electron chi connectivity index (χ2n) is 21.2. The highest BCUT2D eigenvalue weighted by Crippen LogP contribution is 2.20. The zero-order valence-electron chi connectivity index (χ0n) is 57.2. The van der Waals surface area contributed by atoms with E-state index in [0.717, 1.165) is 54.9 Å². The minimum atomic E-state index is -0.895. The number of carbonyl (C=O) groups excluding carboxylic acids is 5. The number of carbonyl (C=O) groups is 5. The van der Waals surface area contributed by atoms with E-state index in [2.05, 4.69) is 34.7 Å². The Bertz CT molecular complexity index is 1910. The first-order valence-corrected chi connectivity index (χ1v) is 32.9. The van der Waals surface area contributed by atoms with Gasteiger partial charge in [-0.2, -0.15) is 0 Å². The average molecular weight is 1340 g/mol. The van der Waals surface area contributed by atoms with Crippen LogP contribution < -0.4 is 16.0 Å². The molecule has 2 rings (SSSR count). The molecule has 0 unspecified atom stereocenters. The van der Waals surface area contributed by atoms with E-state index in [1.807, 2.05) is 26.0 Å². The Balaban J connectivity index is -0.0000141. The van der Waals surface area contributed by atoms with Crippen molar-refractivity contribution in [1.82, 2.24) is 20.4 Å². The van der Waals surface area contributed by atoms with Gasteiger partial charge < -0.3 is 101 Å². The van der Waals surface area contributed by atoms with E-state index in [4.69, 9.17) is 85.3 Å². The number of ether oxygens (including phenoxy) is 18. The summed E-state index contributed by atoms with van der Waals surface area (Å²) in [7, 11) is 3.27. The van der Waals surface area contributed by atoms with Crippen LogP contribution in [0.3, 0.4) is 0 Å². The molecule has 1 aliphatic rings. The van der Waals surface area contributed by atoms with Crippen LogP contribution in [-0.4, -0.2) is 304 Å². The van der Waals surface area contributed by atoms with E-state index in [9.17, 15) is 24.0 Å². The van der Waals surface area contributed by atoms with Crippen LogP contribution in [0, 0.1) is 5.92 Å². The first-order chi connectivity index (χ1) is 45.5. The Morgan fingerprint density at radius 3 is 1.23 bits per heavy atom. The van der Waals surface area contributed by atoms with Crippen molar-refractivity contribution in [3.63, 3.8) is 0 Å². The summed E-state index contributed by atoms with van der Waals surface area (Å²) in [4.78, 5) is 65.2. The van der Waals surface area contributed by atoms with Crippen molar-refractivity contribution in [2.24, 2.45) is 5.92 Å². The van der Waals surface area contributed by atoms with Crippen molar-refractivity contribution >= 4 is 35.8 Å². The van der Waals surface area contributed by atoms with Crippen LogP contribution in [0.25, 0.3) is 0 Å². The fourth-order valence-corrected chi connectivity index (χ4v) is 8.22. The second kappa shape index (κ2) is 65.1. The van der Waals surface area contributed by atoms with Crippen LogP contribution in [0.2, 0.25) is 0 Å². The van der Waals surface area contributed by atoms with Gasteiger partial charge in [0.05, 0.1) is 211 Å². The molecular weight excluding hydrogens is 1220 g/mol. The van der Waals surface area contributed by atoms with Crippen molar-refractivity contribution in [3.8, 4) is 0 Å². The fraction of sp³-hybridized carbons (Fsp3) is 0.800. The molecule has 1 aliphatic heterocycles. The summed E-state index contributed by atoms with van der Waals surface area (Å²) in [6.07, 6.45) is 6.65. The van der Waals surface area contributed by atoms with Gasteiger partial charge in [-0.15, -0.1) is 0 Å². The number of anilines is 1. The molecule has 1 aromatic rings. The highest BCUT2D eigenvalue weighted by Gasteiger charge is 2.26. The number of imide groups is 1. The number of amides is 4. The number of nitrogens with one attached hydrogen (secondary N) is 3. The third-order valence-corrected chi connectivity index (χ3v) is 13.0. The number of aryl methyl sites for hydroxylation is 1. The van der Waals surface area contributed by atoms with Gasteiger partial charge in [0.1, 0.15) is 12.6 Å². The Hall–Kier alpha value is -4.25. The molecule has 28 nitrogen and oxygen atoms in total. The molecule has 1 heterocycles. The summed E-state index contributed by atoms with van der Waals surface area (Å²) in [6, 6.07) is 3.84. The van der Waals surface area contributed by atoms with Crippen LogP contribution in [0.5, 0.6) is 0 Å². The molecule has 0 aliphatic carbocycles. The summed E-state index contributed by atoms with van der Waals surface area (Å²) >= 11 is 0. The predicted molar refractivity (Wildman–Crippen MR) is 353 cm³/mol. The van der Waals surface area contributed by atoms with Crippen molar-refractivity contribution in [2.45, 2.75) is 85.4 Å². The van der Waals surface area contributed by atoms with Crippen LogP contribution in [0.15, 0.2) is 30.4 Å². The molecule has 0 fully saturated rings. The second-order valence-corrected chi connectivity index (χ2v) is 21.2. The molecule has 1 aromatic carbocycles. The Morgan fingerprint density at radius 1 is 0.495 bits per heavy atom. The molecule has 0 aromatic heterocycles. The molecule has 3 N–H and O–H groups in total. The maximum Gasteiger partial charge on any atom is 0.293 e. The van der Waals surface area contributed by atoms with Gasteiger partial charge in [-0.05, 0) is 68.3 Å². The van der Waals surface area contributed by atoms with Crippen LogP contribution in [0.4, 0.5) is 5.69 Å². The monoisotopic (exact) mass is 1340 g/mol. The van der Waals surface area contributed by atoms with Gasteiger partial charge in [0.2, 0.25) is 11.8 Å². The Kier molecular flexibility index (Phi) is 60.7. The molecular formula is C65H123N5O23. The number of methoxy groups -OCH3 is 2. The number of rotatable bonds is 68. The van der Waals surface area contributed by atoms with Crippen LogP contribution >= 0.6 is 0 Å². The van der Waals surface area contributed by atoms with Gasteiger partial charge in [-0.1, -0.05) is 40.2 Å². The van der Waals surface area contributed by atoms with Gasteiger partial charge in [0, 0.05) is 62.6 Å². The average Bonchev–Trinajstić information content (AvgIpc) is 1.24.